The van der Waals surface area contributed by atoms with Crippen molar-refractivity contribution in [2.24, 2.45) is 0 Å². The number of phenols is 1. The number of amides is 1. The number of benzene rings is 2. The first-order chi connectivity index (χ1) is 13.7. The molecule has 1 aliphatic rings. The van der Waals surface area contributed by atoms with Crippen molar-refractivity contribution in [1.29, 1.82) is 0 Å². The minimum Gasteiger partial charge on any atom is -0.507 e. The summed E-state index contributed by atoms with van der Waals surface area (Å²) >= 11 is 0. The van der Waals surface area contributed by atoms with Crippen LogP contribution in [0.4, 0.5) is 0 Å². The average molecular weight is 375 g/mol. The minimum atomic E-state index is -0.201. The van der Waals surface area contributed by atoms with E-state index < -0.39 is 0 Å². The highest BCUT2D eigenvalue weighted by Gasteiger charge is 2.42. The largest absolute Gasteiger partial charge is 0.507 e. The number of H-pyrrole nitrogens is 1. The van der Waals surface area contributed by atoms with E-state index in [2.05, 4.69) is 48.3 Å². The van der Waals surface area contributed by atoms with Crippen LogP contribution in [0.1, 0.15) is 59.9 Å². The molecule has 0 unspecified atom stereocenters. The van der Waals surface area contributed by atoms with Gasteiger partial charge in [-0.2, -0.15) is 5.10 Å². The maximum absolute atomic E-state index is 13.1. The van der Waals surface area contributed by atoms with Crippen molar-refractivity contribution >= 4 is 5.91 Å². The van der Waals surface area contributed by atoms with Crippen LogP contribution in [0.2, 0.25) is 0 Å². The molecule has 144 valence electrons. The highest BCUT2D eigenvalue weighted by atomic mass is 16.3. The summed E-state index contributed by atoms with van der Waals surface area (Å²) in [5.41, 5.74) is 5.00. The molecule has 1 aromatic heterocycles. The molecule has 28 heavy (non-hydrogen) atoms. The zero-order valence-corrected chi connectivity index (χ0v) is 16.3. The maximum Gasteiger partial charge on any atom is 0.273 e. The monoisotopic (exact) mass is 375 g/mol. The fourth-order valence-corrected chi connectivity index (χ4v) is 3.92. The van der Waals surface area contributed by atoms with E-state index in [-0.39, 0.29) is 17.7 Å². The van der Waals surface area contributed by atoms with Gasteiger partial charge in [0.1, 0.15) is 17.1 Å². The SMILES string of the molecule is CCCCN1C(=O)c2[nH]nc(-c3ccccc3O)c2[C@H]1c1ccc(CC)cc1. The molecule has 0 spiro atoms. The number of aromatic nitrogens is 2. The van der Waals surface area contributed by atoms with Crippen molar-refractivity contribution in [3.8, 4) is 17.0 Å². The highest BCUT2D eigenvalue weighted by Crippen LogP contribution is 2.44. The summed E-state index contributed by atoms with van der Waals surface area (Å²) in [7, 11) is 0. The zero-order chi connectivity index (χ0) is 19.7. The molecule has 0 aliphatic carbocycles. The Bertz CT molecular complexity index is 991. The van der Waals surface area contributed by atoms with Gasteiger partial charge < -0.3 is 10.0 Å². The van der Waals surface area contributed by atoms with Gasteiger partial charge in [-0.25, -0.2) is 0 Å². The van der Waals surface area contributed by atoms with E-state index >= 15 is 0 Å². The maximum atomic E-state index is 13.1. The predicted molar refractivity (Wildman–Crippen MR) is 109 cm³/mol. The number of aromatic amines is 1. The smallest absolute Gasteiger partial charge is 0.273 e. The zero-order valence-electron chi connectivity index (χ0n) is 16.3. The standard InChI is InChI=1S/C23H25N3O2/c1-3-5-14-26-22(16-12-10-15(4-2)11-13-16)19-20(24-25-21(19)23(26)28)17-8-6-7-9-18(17)27/h6-13,22,27H,3-5,14H2,1-2H3,(H,24,25)/t22-/m1/s1. The molecule has 5 nitrogen and oxygen atoms in total. The molecule has 0 saturated carbocycles. The van der Waals surface area contributed by atoms with E-state index in [0.29, 0.717) is 23.5 Å². The van der Waals surface area contributed by atoms with Crippen molar-refractivity contribution < 1.29 is 9.90 Å². The van der Waals surface area contributed by atoms with Crippen LogP contribution in [-0.2, 0) is 6.42 Å². The van der Waals surface area contributed by atoms with Crippen molar-refractivity contribution in [1.82, 2.24) is 15.1 Å². The molecule has 3 aromatic rings. The van der Waals surface area contributed by atoms with E-state index in [4.69, 9.17) is 0 Å². The third kappa shape index (κ3) is 2.97. The summed E-state index contributed by atoms with van der Waals surface area (Å²) in [6.45, 7) is 4.95. The molecule has 1 aliphatic heterocycles. The van der Waals surface area contributed by atoms with Gasteiger partial charge in [0.2, 0.25) is 0 Å². The van der Waals surface area contributed by atoms with Gasteiger partial charge in [-0.3, -0.25) is 9.89 Å². The highest BCUT2D eigenvalue weighted by molar-refractivity contribution is 6.00. The van der Waals surface area contributed by atoms with E-state index in [1.54, 1.807) is 12.1 Å². The lowest BCUT2D eigenvalue weighted by Crippen LogP contribution is -2.30. The molecule has 0 bridgehead atoms. The van der Waals surface area contributed by atoms with Crippen molar-refractivity contribution in [2.75, 3.05) is 6.54 Å². The molecule has 0 radical (unpaired) electrons. The Morgan fingerprint density at radius 1 is 1.11 bits per heavy atom. The summed E-state index contributed by atoms with van der Waals surface area (Å²) in [6, 6.07) is 15.4. The van der Waals surface area contributed by atoms with E-state index in [9.17, 15) is 9.90 Å². The number of aryl methyl sites for hydroxylation is 1. The first-order valence-corrected chi connectivity index (χ1v) is 9.92. The Kier molecular flexibility index (Phi) is 4.90. The quantitative estimate of drug-likeness (QED) is 0.657. The molecule has 2 heterocycles. The molecule has 2 N–H and O–H groups in total. The normalized spacial score (nSPS) is 15.9. The van der Waals surface area contributed by atoms with Crippen LogP contribution in [0.3, 0.4) is 0 Å². The molecule has 0 saturated heterocycles. The number of fused-ring (bicyclic) bond motifs is 1. The van der Waals surface area contributed by atoms with Crippen LogP contribution in [0.5, 0.6) is 5.75 Å². The van der Waals surface area contributed by atoms with Gasteiger partial charge in [-0.1, -0.05) is 56.7 Å². The Morgan fingerprint density at radius 2 is 1.86 bits per heavy atom. The Hall–Kier alpha value is -3.08. The second-order valence-corrected chi connectivity index (χ2v) is 7.23. The summed E-state index contributed by atoms with van der Waals surface area (Å²) in [5.74, 6) is 0.138. The number of phenolic OH excluding ortho intramolecular Hbond substituents is 1. The average Bonchev–Trinajstić information content (AvgIpc) is 3.26. The van der Waals surface area contributed by atoms with Gasteiger partial charge >= 0.3 is 0 Å². The molecule has 0 fully saturated rings. The molecular formula is C23H25N3O2. The Balaban J connectivity index is 1.86. The van der Waals surface area contributed by atoms with Crippen LogP contribution >= 0.6 is 0 Å². The predicted octanol–water partition coefficient (Wildman–Crippen LogP) is 4.69. The first-order valence-electron chi connectivity index (χ1n) is 9.92. The van der Waals surface area contributed by atoms with Crippen LogP contribution < -0.4 is 0 Å². The molecular weight excluding hydrogens is 350 g/mol. The second kappa shape index (κ2) is 7.50. The first kappa shape index (κ1) is 18.3. The van der Waals surface area contributed by atoms with Gasteiger partial charge in [-0.15, -0.1) is 0 Å². The summed E-state index contributed by atoms with van der Waals surface area (Å²) in [4.78, 5) is 15.1. The molecule has 1 amide bonds. The molecule has 2 aromatic carbocycles. The summed E-state index contributed by atoms with van der Waals surface area (Å²) in [5, 5.41) is 17.7. The number of rotatable bonds is 6. The van der Waals surface area contributed by atoms with Gasteiger partial charge in [0.25, 0.3) is 5.91 Å². The molecule has 1 atom stereocenters. The number of hydrogen-bond acceptors (Lipinski definition) is 3. The van der Waals surface area contributed by atoms with Gasteiger partial charge in [0.05, 0.1) is 6.04 Å². The van der Waals surface area contributed by atoms with E-state index in [1.807, 2.05) is 17.0 Å². The Labute approximate surface area is 165 Å². The summed E-state index contributed by atoms with van der Waals surface area (Å²) < 4.78 is 0. The Morgan fingerprint density at radius 3 is 2.54 bits per heavy atom. The molecule has 4 rings (SSSR count). The third-order valence-corrected chi connectivity index (χ3v) is 5.48. The number of nitrogens with one attached hydrogen (secondary N) is 1. The number of carbonyl (C=O) groups excluding carboxylic acids is 1. The fraction of sp³-hybridized carbons (Fsp3) is 0.304. The van der Waals surface area contributed by atoms with E-state index in [0.717, 1.165) is 30.4 Å². The molecule has 5 heteroatoms. The van der Waals surface area contributed by atoms with Crippen LogP contribution in [0.25, 0.3) is 11.3 Å². The van der Waals surface area contributed by atoms with Crippen molar-refractivity contribution in [3.05, 3.63) is 70.9 Å². The van der Waals surface area contributed by atoms with Crippen molar-refractivity contribution in [2.45, 2.75) is 39.2 Å². The van der Waals surface area contributed by atoms with E-state index in [1.165, 1.54) is 5.56 Å². The lowest BCUT2D eigenvalue weighted by Gasteiger charge is -2.26. The lowest BCUT2D eigenvalue weighted by atomic mass is 9.94. The number of aromatic hydroxyl groups is 1. The fourth-order valence-electron chi connectivity index (χ4n) is 3.92. The topological polar surface area (TPSA) is 69.2 Å². The summed E-state index contributed by atoms with van der Waals surface area (Å²) in [6.07, 6.45) is 2.94. The van der Waals surface area contributed by atoms with Gasteiger partial charge in [0, 0.05) is 17.7 Å². The van der Waals surface area contributed by atoms with Crippen LogP contribution in [-0.4, -0.2) is 32.7 Å². The number of para-hydroxylation sites is 1. The third-order valence-electron chi connectivity index (χ3n) is 5.48. The number of nitrogens with zero attached hydrogens (tertiary/aromatic N) is 2. The van der Waals surface area contributed by atoms with Crippen LogP contribution in [0, 0.1) is 0 Å². The number of unbranched alkanes of at least 4 members (excludes halogenated alkanes) is 1. The van der Waals surface area contributed by atoms with Gasteiger partial charge in [-0.05, 0) is 36.1 Å². The number of carbonyl (C=O) groups is 1. The number of hydrogen-bond donors (Lipinski definition) is 2. The van der Waals surface area contributed by atoms with Gasteiger partial charge in [0.15, 0.2) is 0 Å². The minimum absolute atomic E-state index is 0.0258. The van der Waals surface area contributed by atoms with Crippen molar-refractivity contribution in [3.63, 3.8) is 0 Å². The second-order valence-electron chi connectivity index (χ2n) is 7.23. The lowest BCUT2D eigenvalue weighted by molar-refractivity contribution is 0.0741. The van der Waals surface area contributed by atoms with Crippen LogP contribution in [0.15, 0.2) is 48.5 Å².